The molecule has 1 heterocycles. The Labute approximate surface area is 118 Å². The summed E-state index contributed by atoms with van der Waals surface area (Å²) in [5, 5.41) is 11.9. The van der Waals surface area contributed by atoms with E-state index < -0.39 is 0 Å². The highest BCUT2D eigenvalue weighted by molar-refractivity contribution is 5.65. The summed E-state index contributed by atoms with van der Waals surface area (Å²) < 4.78 is 1.72. The molecule has 1 aliphatic rings. The van der Waals surface area contributed by atoms with E-state index in [0.717, 1.165) is 11.4 Å². The molecular weight excluding hydrogens is 248 g/mol. The topological polar surface area (TPSA) is 43.6 Å². The quantitative estimate of drug-likeness (QED) is 0.838. The minimum absolute atomic E-state index is 0.336. The smallest absolute Gasteiger partial charge is 0.182 e. The number of tetrazole rings is 1. The molecule has 102 valence electrons. The van der Waals surface area contributed by atoms with E-state index in [9.17, 15) is 0 Å². The van der Waals surface area contributed by atoms with Crippen molar-refractivity contribution in [3.05, 3.63) is 52.6 Å². The first-order chi connectivity index (χ1) is 9.59. The molecule has 3 rings (SSSR count). The maximum atomic E-state index is 4.15. The van der Waals surface area contributed by atoms with E-state index in [1.807, 2.05) is 13.1 Å². The van der Waals surface area contributed by atoms with E-state index in [4.69, 9.17) is 0 Å². The van der Waals surface area contributed by atoms with Crippen molar-refractivity contribution in [3.63, 3.8) is 0 Å². The van der Waals surface area contributed by atoms with Crippen molar-refractivity contribution in [3.8, 4) is 11.4 Å². The summed E-state index contributed by atoms with van der Waals surface area (Å²) in [6, 6.07) is 8.38. The van der Waals surface area contributed by atoms with E-state index in [1.54, 1.807) is 4.68 Å². The summed E-state index contributed by atoms with van der Waals surface area (Å²) in [4.78, 5) is 0. The fourth-order valence-corrected chi connectivity index (χ4v) is 3.00. The molecule has 0 saturated heterocycles. The number of hydrogen-bond donors (Lipinski definition) is 0. The van der Waals surface area contributed by atoms with Crippen LogP contribution in [0.1, 0.15) is 32.3 Å². The normalized spacial score (nSPS) is 18.6. The van der Waals surface area contributed by atoms with Crippen LogP contribution in [0.5, 0.6) is 0 Å². The van der Waals surface area contributed by atoms with Crippen molar-refractivity contribution >= 4 is 0 Å². The Morgan fingerprint density at radius 1 is 1.10 bits per heavy atom. The predicted molar refractivity (Wildman–Crippen MR) is 79.1 cm³/mol. The lowest BCUT2D eigenvalue weighted by molar-refractivity contribution is 0.714. The average molecular weight is 266 g/mol. The number of benzene rings is 1. The molecule has 0 fully saturated rings. The van der Waals surface area contributed by atoms with Gasteiger partial charge in [-0.25, -0.2) is 4.68 Å². The maximum Gasteiger partial charge on any atom is 0.182 e. The van der Waals surface area contributed by atoms with Crippen molar-refractivity contribution in [2.75, 3.05) is 0 Å². The van der Waals surface area contributed by atoms with Gasteiger partial charge in [-0.15, -0.1) is 5.10 Å². The summed E-state index contributed by atoms with van der Waals surface area (Å²) in [5.41, 5.74) is 6.52. The molecule has 20 heavy (non-hydrogen) atoms. The Bertz CT molecular complexity index is 722. The highest BCUT2D eigenvalue weighted by atomic mass is 15.5. The molecule has 0 amide bonds. The standard InChI is InChI=1S/C16H18N4/c1-10-9-11(2)15(12(10)3)13-7-5-6-8-14(13)16-17-18-19-20(16)4/h5-9,15H,1-4H3. The number of allylic oxidation sites excluding steroid dienone is 4. The van der Waals surface area contributed by atoms with Gasteiger partial charge >= 0.3 is 0 Å². The van der Waals surface area contributed by atoms with Gasteiger partial charge in [-0.05, 0) is 36.8 Å². The molecule has 1 unspecified atom stereocenters. The van der Waals surface area contributed by atoms with Crippen LogP contribution >= 0.6 is 0 Å². The molecule has 0 spiro atoms. The Morgan fingerprint density at radius 2 is 1.85 bits per heavy atom. The molecule has 0 saturated carbocycles. The summed E-state index contributed by atoms with van der Waals surface area (Å²) in [7, 11) is 1.87. The molecule has 1 aromatic carbocycles. The SMILES string of the molecule is CC1=CC(C)=C(C)C1c1ccccc1-c1nnnn1C. The third-order valence-electron chi connectivity index (χ3n) is 4.09. The van der Waals surface area contributed by atoms with E-state index in [0.29, 0.717) is 5.92 Å². The average Bonchev–Trinajstić information content (AvgIpc) is 2.95. The van der Waals surface area contributed by atoms with Gasteiger partial charge in [0.15, 0.2) is 5.82 Å². The monoisotopic (exact) mass is 266 g/mol. The zero-order valence-corrected chi connectivity index (χ0v) is 12.3. The van der Waals surface area contributed by atoms with E-state index >= 15 is 0 Å². The van der Waals surface area contributed by atoms with Crippen molar-refractivity contribution in [1.29, 1.82) is 0 Å². The van der Waals surface area contributed by atoms with Crippen molar-refractivity contribution in [2.24, 2.45) is 7.05 Å². The van der Waals surface area contributed by atoms with Gasteiger partial charge in [0.25, 0.3) is 0 Å². The molecule has 0 aliphatic heterocycles. The Balaban J connectivity index is 2.18. The summed E-state index contributed by atoms with van der Waals surface area (Å²) in [6.45, 7) is 6.57. The number of hydrogen-bond acceptors (Lipinski definition) is 3. The van der Waals surface area contributed by atoms with Crippen LogP contribution in [0.2, 0.25) is 0 Å². The van der Waals surface area contributed by atoms with Gasteiger partial charge in [-0.2, -0.15) is 0 Å². The lowest BCUT2D eigenvalue weighted by Gasteiger charge is -2.18. The van der Waals surface area contributed by atoms with Crippen molar-refractivity contribution in [1.82, 2.24) is 20.2 Å². The lowest BCUT2D eigenvalue weighted by atomic mass is 9.86. The molecule has 0 bridgehead atoms. The summed E-state index contributed by atoms with van der Waals surface area (Å²) in [6.07, 6.45) is 2.27. The van der Waals surface area contributed by atoms with Crippen LogP contribution in [-0.2, 0) is 7.05 Å². The predicted octanol–water partition coefficient (Wildman–Crippen LogP) is 3.26. The highest BCUT2D eigenvalue weighted by Gasteiger charge is 2.25. The van der Waals surface area contributed by atoms with Crippen molar-refractivity contribution < 1.29 is 0 Å². The molecule has 1 atom stereocenters. The number of nitrogens with zero attached hydrogens (tertiary/aromatic N) is 4. The van der Waals surface area contributed by atoms with Gasteiger partial charge in [0.2, 0.25) is 0 Å². The Kier molecular flexibility index (Phi) is 3.01. The molecule has 0 radical (unpaired) electrons. The van der Waals surface area contributed by atoms with E-state index in [-0.39, 0.29) is 0 Å². The zero-order chi connectivity index (χ0) is 14.3. The first-order valence-electron chi connectivity index (χ1n) is 6.77. The van der Waals surface area contributed by atoms with Crippen molar-refractivity contribution in [2.45, 2.75) is 26.7 Å². The largest absolute Gasteiger partial charge is 0.229 e. The van der Waals surface area contributed by atoms with Crippen LogP contribution in [0.25, 0.3) is 11.4 Å². The van der Waals surface area contributed by atoms with Gasteiger partial charge < -0.3 is 0 Å². The molecule has 0 N–H and O–H groups in total. The second-order valence-electron chi connectivity index (χ2n) is 5.40. The van der Waals surface area contributed by atoms with Crippen LogP contribution in [-0.4, -0.2) is 20.2 Å². The summed E-state index contributed by atoms with van der Waals surface area (Å²) in [5.74, 6) is 1.15. The highest BCUT2D eigenvalue weighted by Crippen LogP contribution is 2.42. The van der Waals surface area contributed by atoms with Crippen LogP contribution in [0, 0.1) is 0 Å². The van der Waals surface area contributed by atoms with E-state index in [1.165, 1.54) is 22.3 Å². The third-order valence-corrected chi connectivity index (χ3v) is 4.09. The van der Waals surface area contributed by atoms with Crippen LogP contribution < -0.4 is 0 Å². The first-order valence-corrected chi connectivity index (χ1v) is 6.77. The lowest BCUT2D eigenvalue weighted by Crippen LogP contribution is -2.04. The second kappa shape index (κ2) is 4.71. The molecular formula is C16H18N4. The molecule has 4 heteroatoms. The summed E-state index contributed by atoms with van der Waals surface area (Å²) >= 11 is 0. The second-order valence-corrected chi connectivity index (χ2v) is 5.40. The number of rotatable bonds is 2. The van der Waals surface area contributed by atoms with Gasteiger partial charge in [0, 0.05) is 18.5 Å². The zero-order valence-electron chi connectivity index (χ0n) is 12.3. The van der Waals surface area contributed by atoms with Crippen LogP contribution in [0.4, 0.5) is 0 Å². The van der Waals surface area contributed by atoms with Crippen LogP contribution in [0.3, 0.4) is 0 Å². The van der Waals surface area contributed by atoms with E-state index in [2.05, 4.69) is 60.6 Å². The van der Waals surface area contributed by atoms with Gasteiger partial charge in [0.1, 0.15) is 0 Å². The Hall–Kier alpha value is -2.23. The fraction of sp³-hybridized carbons (Fsp3) is 0.312. The fourth-order valence-electron chi connectivity index (χ4n) is 3.00. The number of aryl methyl sites for hydroxylation is 1. The molecule has 2 aromatic rings. The minimum Gasteiger partial charge on any atom is -0.229 e. The van der Waals surface area contributed by atoms with Gasteiger partial charge in [-0.3, -0.25) is 0 Å². The molecule has 1 aliphatic carbocycles. The third kappa shape index (κ3) is 1.88. The first kappa shape index (κ1) is 12.8. The molecule has 1 aromatic heterocycles. The Morgan fingerprint density at radius 3 is 2.45 bits per heavy atom. The van der Waals surface area contributed by atoms with Crippen LogP contribution in [0.15, 0.2) is 47.1 Å². The maximum absolute atomic E-state index is 4.15. The minimum atomic E-state index is 0.336. The van der Waals surface area contributed by atoms with Gasteiger partial charge in [0.05, 0.1) is 0 Å². The number of aromatic nitrogens is 4. The molecule has 4 nitrogen and oxygen atoms in total. The van der Waals surface area contributed by atoms with Gasteiger partial charge in [-0.1, -0.05) is 47.1 Å².